The van der Waals surface area contributed by atoms with Crippen LogP contribution in [0, 0.1) is 5.82 Å². The molecule has 0 saturated heterocycles. The van der Waals surface area contributed by atoms with Gasteiger partial charge in [0.25, 0.3) is 5.56 Å². The molecule has 0 unspecified atom stereocenters. The first kappa shape index (κ1) is 11.8. The number of nitrogens with zero attached hydrogens (tertiary/aromatic N) is 1. The molecular formula is C11H9ClFN3O. The Balaban J connectivity index is 2.59. The molecule has 0 atom stereocenters. The zero-order valence-corrected chi connectivity index (χ0v) is 9.46. The van der Waals surface area contributed by atoms with Crippen molar-refractivity contribution in [2.45, 2.75) is 6.54 Å². The Morgan fingerprint density at radius 2 is 2.18 bits per heavy atom. The first-order valence-corrected chi connectivity index (χ1v) is 5.23. The van der Waals surface area contributed by atoms with Crippen molar-refractivity contribution >= 4 is 11.6 Å². The van der Waals surface area contributed by atoms with Crippen LogP contribution in [0.5, 0.6) is 0 Å². The molecule has 2 rings (SSSR count). The van der Waals surface area contributed by atoms with Crippen molar-refractivity contribution in [2.24, 2.45) is 5.73 Å². The lowest BCUT2D eigenvalue weighted by Gasteiger charge is -2.06. The molecule has 3 N–H and O–H groups in total. The molecule has 0 fully saturated rings. The lowest BCUT2D eigenvalue weighted by Crippen LogP contribution is -2.12. The molecule has 1 aromatic carbocycles. The summed E-state index contributed by atoms with van der Waals surface area (Å²) in [6.45, 7) is 0.168. The first-order valence-electron chi connectivity index (χ1n) is 4.86. The van der Waals surface area contributed by atoms with Crippen molar-refractivity contribution in [3.8, 4) is 11.3 Å². The van der Waals surface area contributed by atoms with Crippen LogP contribution in [0.3, 0.4) is 0 Å². The summed E-state index contributed by atoms with van der Waals surface area (Å²) in [4.78, 5) is 11.1. The number of nitrogens with one attached hydrogen (secondary N) is 1. The summed E-state index contributed by atoms with van der Waals surface area (Å²) in [5.41, 5.74) is 6.87. The maximum Gasteiger partial charge on any atom is 0.264 e. The molecule has 0 radical (unpaired) electrons. The van der Waals surface area contributed by atoms with E-state index in [1.807, 2.05) is 0 Å². The summed E-state index contributed by atoms with van der Waals surface area (Å²) >= 11 is 5.68. The molecule has 0 bridgehead atoms. The van der Waals surface area contributed by atoms with E-state index in [1.54, 1.807) is 0 Å². The fourth-order valence-electron chi connectivity index (χ4n) is 1.49. The van der Waals surface area contributed by atoms with E-state index in [0.717, 1.165) is 0 Å². The van der Waals surface area contributed by atoms with Gasteiger partial charge >= 0.3 is 0 Å². The number of benzene rings is 1. The van der Waals surface area contributed by atoms with E-state index in [0.29, 0.717) is 16.8 Å². The monoisotopic (exact) mass is 253 g/mol. The van der Waals surface area contributed by atoms with E-state index in [1.165, 1.54) is 24.3 Å². The second-order valence-corrected chi connectivity index (χ2v) is 3.85. The van der Waals surface area contributed by atoms with Crippen LogP contribution in [0.4, 0.5) is 4.39 Å². The molecule has 0 aliphatic heterocycles. The second-order valence-electron chi connectivity index (χ2n) is 3.44. The highest BCUT2D eigenvalue weighted by Gasteiger charge is 2.09. The Bertz CT molecular complexity index is 612. The van der Waals surface area contributed by atoms with Crippen molar-refractivity contribution in [1.82, 2.24) is 10.2 Å². The predicted molar refractivity (Wildman–Crippen MR) is 63.2 cm³/mol. The molecule has 1 heterocycles. The zero-order valence-electron chi connectivity index (χ0n) is 8.71. The van der Waals surface area contributed by atoms with E-state index >= 15 is 0 Å². The van der Waals surface area contributed by atoms with Gasteiger partial charge < -0.3 is 5.73 Å². The number of hydrogen-bond donors (Lipinski definition) is 2. The third-order valence-corrected chi connectivity index (χ3v) is 2.59. The van der Waals surface area contributed by atoms with E-state index in [2.05, 4.69) is 10.2 Å². The minimum absolute atomic E-state index is 0.00142. The lowest BCUT2D eigenvalue weighted by atomic mass is 10.1. The molecule has 88 valence electrons. The lowest BCUT2D eigenvalue weighted by molar-refractivity contribution is 0.628. The van der Waals surface area contributed by atoms with E-state index in [4.69, 9.17) is 17.3 Å². The molecule has 2 aromatic rings. The number of hydrogen-bond acceptors (Lipinski definition) is 3. The van der Waals surface area contributed by atoms with Gasteiger partial charge in [0.2, 0.25) is 0 Å². The molecule has 6 heteroatoms. The quantitative estimate of drug-likeness (QED) is 0.856. The summed E-state index contributed by atoms with van der Waals surface area (Å²) in [6, 6.07) is 5.57. The van der Waals surface area contributed by atoms with Crippen LogP contribution in [-0.2, 0) is 6.54 Å². The Morgan fingerprint density at radius 3 is 2.82 bits per heavy atom. The van der Waals surface area contributed by atoms with Gasteiger partial charge in [-0.25, -0.2) is 9.49 Å². The van der Waals surface area contributed by atoms with E-state index in [9.17, 15) is 9.18 Å². The van der Waals surface area contributed by atoms with Gasteiger partial charge in [-0.05, 0) is 23.8 Å². The van der Waals surface area contributed by atoms with Gasteiger partial charge in [-0.3, -0.25) is 4.79 Å². The highest BCUT2D eigenvalue weighted by atomic mass is 35.5. The van der Waals surface area contributed by atoms with Crippen molar-refractivity contribution in [1.29, 1.82) is 0 Å². The van der Waals surface area contributed by atoms with Gasteiger partial charge in [0.15, 0.2) is 0 Å². The molecule has 0 aliphatic carbocycles. The fourth-order valence-corrected chi connectivity index (χ4v) is 1.67. The molecule has 0 amide bonds. The van der Waals surface area contributed by atoms with Crippen LogP contribution < -0.4 is 11.3 Å². The Morgan fingerprint density at radius 1 is 1.41 bits per heavy atom. The van der Waals surface area contributed by atoms with Crippen molar-refractivity contribution in [2.75, 3.05) is 0 Å². The van der Waals surface area contributed by atoms with Gasteiger partial charge in [-0.1, -0.05) is 11.6 Å². The maximum atomic E-state index is 13.0. The average Bonchev–Trinajstić information content (AvgIpc) is 2.32. The predicted octanol–water partition coefficient (Wildman–Crippen LogP) is 1.69. The minimum atomic E-state index is -0.505. The fraction of sp³-hybridized carbons (Fsp3) is 0.0909. The number of aromatic amines is 1. The van der Waals surface area contributed by atoms with Crippen molar-refractivity contribution in [3.63, 3.8) is 0 Å². The van der Waals surface area contributed by atoms with Crippen LogP contribution in [-0.4, -0.2) is 10.2 Å². The number of H-pyrrole nitrogens is 1. The SMILES string of the molecule is NCc1cc(=O)[nH]nc1-c1ccc(F)c(Cl)c1. The van der Waals surface area contributed by atoms with E-state index in [-0.39, 0.29) is 17.1 Å². The van der Waals surface area contributed by atoms with Crippen LogP contribution in [0.1, 0.15) is 5.56 Å². The average molecular weight is 254 g/mol. The van der Waals surface area contributed by atoms with Gasteiger partial charge in [-0.15, -0.1) is 0 Å². The third-order valence-electron chi connectivity index (χ3n) is 2.30. The van der Waals surface area contributed by atoms with Crippen LogP contribution in [0.25, 0.3) is 11.3 Å². The van der Waals surface area contributed by atoms with Crippen LogP contribution in [0.15, 0.2) is 29.1 Å². The maximum absolute atomic E-state index is 13.0. The highest BCUT2D eigenvalue weighted by Crippen LogP contribution is 2.24. The molecule has 4 nitrogen and oxygen atoms in total. The molecule has 0 aliphatic rings. The number of aromatic nitrogens is 2. The normalized spacial score (nSPS) is 10.5. The van der Waals surface area contributed by atoms with Crippen molar-refractivity contribution < 1.29 is 4.39 Å². The summed E-state index contributed by atoms with van der Waals surface area (Å²) in [5.74, 6) is -0.505. The molecule has 0 spiro atoms. The number of halogens is 2. The van der Waals surface area contributed by atoms with Crippen LogP contribution >= 0.6 is 11.6 Å². The van der Waals surface area contributed by atoms with Gasteiger partial charge in [0, 0.05) is 18.2 Å². The summed E-state index contributed by atoms with van der Waals surface area (Å²) < 4.78 is 13.0. The third kappa shape index (κ3) is 2.35. The smallest absolute Gasteiger partial charge is 0.264 e. The summed E-state index contributed by atoms with van der Waals surface area (Å²) in [6.07, 6.45) is 0. The van der Waals surface area contributed by atoms with Crippen LogP contribution in [0.2, 0.25) is 5.02 Å². The second kappa shape index (κ2) is 4.65. The molecule has 0 saturated carbocycles. The van der Waals surface area contributed by atoms with Crippen molar-refractivity contribution in [3.05, 3.63) is 51.0 Å². The largest absolute Gasteiger partial charge is 0.326 e. The number of nitrogens with two attached hydrogens (primary N) is 1. The van der Waals surface area contributed by atoms with Gasteiger partial charge in [0.05, 0.1) is 10.7 Å². The minimum Gasteiger partial charge on any atom is -0.326 e. The molecule has 1 aromatic heterocycles. The Labute approximate surface area is 101 Å². The Hall–Kier alpha value is -1.72. The first-order chi connectivity index (χ1) is 8.11. The highest BCUT2D eigenvalue weighted by molar-refractivity contribution is 6.31. The number of rotatable bonds is 2. The summed E-state index contributed by atoms with van der Waals surface area (Å²) in [5, 5.41) is 6.20. The molecule has 17 heavy (non-hydrogen) atoms. The van der Waals surface area contributed by atoms with E-state index < -0.39 is 5.82 Å². The standard InChI is InChI=1S/C11H9ClFN3O/c12-8-3-6(1-2-9(8)13)11-7(5-14)4-10(17)15-16-11/h1-4H,5,14H2,(H,15,17). The topological polar surface area (TPSA) is 71.8 Å². The zero-order chi connectivity index (χ0) is 12.4. The summed E-state index contributed by atoms with van der Waals surface area (Å²) in [7, 11) is 0. The van der Waals surface area contributed by atoms with Gasteiger partial charge in [0.1, 0.15) is 5.82 Å². The van der Waals surface area contributed by atoms with Gasteiger partial charge in [-0.2, -0.15) is 5.10 Å². The molecular weight excluding hydrogens is 245 g/mol. The Kier molecular flexibility index (Phi) is 3.21.